The zero-order chi connectivity index (χ0) is 21.8. The van der Waals surface area contributed by atoms with Crippen molar-refractivity contribution in [3.63, 3.8) is 0 Å². The Labute approximate surface area is 194 Å². The van der Waals surface area contributed by atoms with Crippen molar-refractivity contribution in [2.45, 2.75) is 26.1 Å². The van der Waals surface area contributed by atoms with E-state index in [0.29, 0.717) is 36.9 Å². The number of halogens is 1. The Morgan fingerprint density at radius 3 is 2.71 bits per heavy atom. The van der Waals surface area contributed by atoms with Crippen molar-refractivity contribution in [2.75, 3.05) is 17.2 Å². The van der Waals surface area contributed by atoms with Gasteiger partial charge in [-0.25, -0.2) is 4.98 Å². The number of rotatable bonds is 8. The maximum Gasteiger partial charge on any atom is 0.226 e. The molecule has 0 bridgehead atoms. The lowest BCUT2D eigenvalue weighted by atomic mass is 10.2. The summed E-state index contributed by atoms with van der Waals surface area (Å²) in [6, 6.07) is 15.6. The van der Waals surface area contributed by atoms with Gasteiger partial charge >= 0.3 is 0 Å². The highest BCUT2D eigenvalue weighted by atomic mass is 127. The van der Waals surface area contributed by atoms with Gasteiger partial charge in [-0.1, -0.05) is 30.3 Å². The highest BCUT2D eigenvalue weighted by Gasteiger charge is 2.15. The SMILES string of the molecule is CC(N)CNc1nc(NCc2cc(I)ccc2O)c2ncn(Cc3ccccc3)c2n1. The van der Waals surface area contributed by atoms with Crippen molar-refractivity contribution < 1.29 is 5.11 Å². The number of fused-ring (bicyclic) bond motifs is 1. The molecule has 0 aliphatic rings. The minimum absolute atomic E-state index is 0.0340. The minimum Gasteiger partial charge on any atom is -0.508 e. The number of phenolic OH excluding ortho intramolecular Hbond substituents is 1. The van der Waals surface area contributed by atoms with E-state index in [4.69, 9.17) is 5.73 Å². The van der Waals surface area contributed by atoms with Crippen LogP contribution in [0, 0.1) is 3.57 Å². The van der Waals surface area contributed by atoms with Crippen LogP contribution in [-0.2, 0) is 13.1 Å². The summed E-state index contributed by atoms with van der Waals surface area (Å²) in [5, 5.41) is 16.7. The van der Waals surface area contributed by atoms with E-state index in [-0.39, 0.29) is 11.8 Å². The number of hydrogen-bond donors (Lipinski definition) is 4. The molecule has 0 saturated heterocycles. The number of imidazole rings is 1. The molecule has 2 heterocycles. The Morgan fingerprint density at radius 2 is 1.94 bits per heavy atom. The number of aromatic nitrogens is 4. The van der Waals surface area contributed by atoms with Crippen molar-refractivity contribution in [3.8, 4) is 5.75 Å². The van der Waals surface area contributed by atoms with Crippen molar-refractivity contribution in [1.29, 1.82) is 0 Å². The standard InChI is InChI=1S/C22H24IN7O/c1-14(24)10-26-22-28-20(25-11-16-9-17(23)7-8-18(16)31)19-21(29-22)30(13-27-19)12-15-5-3-2-4-6-15/h2-9,13-14,31H,10-12,24H2,1H3,(H2,25,26,28,29). The van der Waals surface area contributed by atoms with Crippen LogP contribution in [0.1, 0.15) is 18.1 Å². The van der Waals surface area contributed by atoms with Crippen LogP contribution in [0.4, 0.5) is 11.8 Å². The third-order valence-electron chi connectivity index (χ3n) is 4.73. The van der Waals surface area contributed by atoms with Crippen LogP contribution in [0.5, 0.6) is 5.75 Å². The number of nitrogens with two attached hydrogens (primary N) is 1. The summed E-state index contributed by atoms with van der Waals surface area (Å²) < 4.78 is 3.05. The predicted molar refractivity (Wildman–Crippen MR) is 131 cm³/mol. The van der Waals surface area contributed by atoms with Crippen LogP contribution in [0.15, 0.2) is 54.9 Å². The number of anilines is 2. The minimum atomic E-state index is -0.0340. The van der Waals surface area contributed by atoms with Gasteiger partial charge in [0.1, 0.15) is 5.75 Å². The molecule has 0 spiro atoms. The molecule has 2 aromatic carbocycles. The van der Waals surface area contributed by atoms with Gasteiger partial charge in [0, 0.05) is 28.3 Å². The molecule has 160 valence electrons. The van der Waals surface area contributed by atoms with Crippen LogP contribution < -0.4 is 16.4 Å². The Balaban J connectivity index is 1.67. The second-order valence-corrected chi connectivity index (χ2v) is 8.66. The molecule has 0 saturated carbocycles. The zero-order valence-electron chi connectivity index (χ0n) is 17.1. The maximum atomic E-state index is 10.2. The molecule has 4 aromatic rings. The van der Waals surface area contributed by atoms with E-state index < -0.39 is 0 Å². The molecular weight excluding hydrogens is 505 g/mol. The second-order valence-electron chi connectivity index (χ2n) is 7.41. The van der Waals surface area contributed by atoms with E-state index in [1.165, 1.54) is 0 Å². The molecule has 5 N–H and O–H groups in total. The van der Waals surface area contributed by atoms with E-state index >= 15 is 0 Å². The van der Waals surface area contributed by atoms with Gasteiger partial charge in [-0.2, -0.15) is 9.97 Å². The van der Waals surface area contributed by atoms with Crippen molar-refractivity contribution in [1.82, 2.24) is 19.5 Å². The number of aromatic hydroxyl groups is 1. The molecule has 31 heavy (non-hydrogen) atoms. The van der Waals surface area contributed by atoms with Crippen LogP contribution in [0.2, 0.25) is 0 Å². The molecule has 2 aromatic heterocycles. The number of hydrogen-bond acceptors (Lipinski definition) is 7. The van der Waals surface area contributed by atoms with Crippen LogP contribution in [0.25, 0.3) is 11.2 Å². The summed E-state index contributed by atoms with van der Waals surface area (Å²) in [6.45, 7) is 3.53. The average Bonchev–Trinajstić information content (AvgIpc) is 3.16. The fourth-order valence-electron chi connectivity index (χ4n) is 3.17. The number of phenols is 1. The molecule has 1 atom stereocenters. The summed E-state index contributed by atoms with van der Waals surface area (Å²) in [7, 11) is 0. The Hall–Kier alpha value is -2.92. The van der Waals surface area contributed by atoms with Crippen molar-refractivity contribution >= 4 is 45.5 Å². The summed E-state index contributed by atoms with van der Waals surface area (Å²) in [6.07, 6.45) is 1.77. The van der Waals surface area contributed by atoms with E-state index in [1.54, 1.807) is 12.4 Å². The highest BCUT2D eigenvalue weighted by Crippen LogP contribution is 2.25. The van der Waals surface area contributed by atoms with Gasteiger partial charge in [-0.05, 0) is 53.3 Å². The van der Waals surface area contributed by atoms with E-state index in [9.17, 15) is 5.11 Å². The lowest BCUT2D eigenvalue weighted by Crippen LogP contribution is -2.26. The number of nitrogens with zero attached hydrogens (tertiary/aromatic N) is 4. The van der Waals surface area contributed by atoms with Gasteiger partial charge < -0.3 is 26.0 Å². The van der Waals surface area contributed by atoms with Gasteiger partial charge in [-0.3, -0.25) is 0 Å². The zero-order valence-corrected chi connectivity index (χ0v) is 19.2. The van der Waals surface area contributed by atoms with Crippen molar-refractivity contribution in [3.05, 3.63) is 69.6 Å². The first-order valence-electron chi connectivity index (χ1n) is 9.97. The predicted octanol–water partition coefficient (Wildman–Crippen LogP) is 3.56. The first-order chi connectivity index (χ1) is 15.0. The highest BCUT2D eigenvalue weighted by molar-refractivity contribution is 14.1. The molecule has 8 nitrogen and oxygen atoms in total. The molecule has 9 heteroatoms. The fourth-order valence-corrected chi connectivity index (χ4v) is 3.72. The van der Waals surface area contributed by atoms with Crippen LogP contribution in [-0.4, -0.2) is 37.2 Å². The number of nitrogens with one attached hydrogen (secondary N) is 2. The third kappa shape index (κ3) is 5.23. The molecule has 4 rings (SSSR count). The number of benzene rings is 2. The molecule has 0 radical (unpaired) electrons. The largest absolute Gasteiger partial charge is 0.508 e. The average molecular weight is 529 g/mol. The molecular formula is C22H24IN7O. The van der Waals surface area contributed by atoms with E-state index in [0.717, 1.165) is 20.3 Å². The molecule has 1 unspecified atom stereocenters. The van der Waals surface area contributed by atoms with Crippen molar-refractivity contribution in [2.24, 2.45) is 5.73 Å². The van der Waals surface area contributed by atoms with E-state index in [1.807, 2.05) is 41.8 Å². The lowest BCUT2D eigenvalue weighted by Gasteiger charge is -2.12. The topological polar surface area (TPSA) is 114 Å². The quantitative estimate of drug-likeness (QED) is 0.258. The van der Waals surface area contributed by atoms with Gasteiger partial charge in [0.15, 0.2) is 17.0 Å². The summed E-state index contributed by atoms with van der Waals surface area (Å²) in [4.78, 5) is 13.9. The first kappa shape index (κ1) is 21.3. The van der Waals surface area contributed by atoms with Gasteiger partial charge in [0.05, 0.1) is 12.9 Å². The summed E-state index contributed by atoms with van der Waals surface area (Å²) in [5.74, 6) is 1.32. The van der Waals surface area contributed by atoms with Crippen LogP contribution in [0.3, 0.4) is 0 Å². The monoisotopic (exact) mass is 529 g/mol. The van der Waals surface area contributed by atoms with Gasteiger partial charge in [0.2, 0.25) is 5.95 Å². The smallest absolute Gasteiger partial charge is 0.226 e. The fraction of sp³-hybridized carbons (Fsp3) is 0.227. The van der Waals surface area contributed by atoms with Gasteiger partial charge in [-0.15, -0.1) is 0 Å². The Bertz CT molecular complexity index is 1180. The molecule has 0 amide bonds. The Morgan fingerprint density at radius 1 is 1.13 bits per heavy atom. The second kappa shape index (κ2) is 9.48. The first-order valence-corrected chi connectivity index (χ1v) is 11.0. The summed E-state index contributed by atoms with van der Waals surface area (Å²) in [5.41, 5.74) is 9.23. The lowest BCUT2D eigenvalue weighted by molar-refractivity contribution is 0.469. The summed E-state index contributed by atoms with van der Waals surface area (Å²) >= 11 is 2.22. The Kier molecular flexibility index (Phi) is 6.52. The molecule has 0 fully saturated rings. The third-order valence-corrected chi connectivity index (χ3v) is 5.40. The molecule has 0 aliphatic carbocycles. The normalized spacial score (nSPS) is 12.1. The molecule has 0 aliphatic heterocycles. The van der Waals surface area contributed by atoms with E-state index in [2.05, 4.69) is 60.3 Å². The van der Waals surface area contributed by atoms with Crippen LogP contribution >= 0.6 is 22.6 Å². The maximum absolute atomic E-state index is 10.2. The van der Waals surface area contributed by atoms with Gasteiger partial charge in [0.25, 0.3) is 0 Å².